The molecule has 8 heteroatoms. The van der Waals surface area contributed by atoms with E-state index < -0.39 is 15.8 Å². The molecule has 0 saturated carbocycles. The van der Waals surface area contributed by atoms with Crippen LogP contribution in [-0.2, 0) is 16.6 Å². The summed E-state index contributed by atoms with van der Waals surface area (Å²) >= 11 is 5.62. The number of hydrogen-bond donors (Lipinski definition) is 1. The van der Waals surface area contributed by atoms with Gasteiger partial charge >= 0.3 is 0 Å². The molecule has 2 rings (SSSR count). The molecule has 23 heavy (non-hydrogen) atoms. The van der Waals surface area contributed by atoms with Crippen LogP contribution >= 0.6 is 11.6 Å². The van der Waals surface area contributed by atoms with Crippen LogP contribution in [0.2, 0.25) is 5.02 Å². The Hall–Kier alpha value is -1.83. The van der Waals surface area contributed by atoms with Gasteiger partial charge in [0, 0.05) is 18.2 Å². The fourth-order valence-electron chi connectivity index (χ4n) is 1.90. The summed E-state index contributed by atoms with van der Waals surface area (Å²) in [6, 6.07) is 8.25. The average molecular weight is 360 g/mol. The Kier molecular flexibility index (Phi) is 5.46. The van der Waals surface area contributed by atoms with Crippen molar-refractivity contribution in [1.29, 1.82) is 0 Å². The van der Waals surface area contributed by atoms with Crippen molar-refractivity contribution < 1.29 is 22.3 Å². The number of ether oxygens (including phenoxy) is 2. The predicted octanol–water partition coefficient (Wildman–Crippen LogP) is 2.97. The maximum Gasteiger partial charge on any atom is 0.240 e. The summed E-state index contributed by atoms with van der Waals surface area (Å²) in [6.45, 7) is 0.00446. The van der Waals surface area contributed by atoms with Gasteiger partial charge in [-0.1, -0.05) is 17.7 Å². The lowest BCUT2D eigenvalue weighted by Crippen LogP contribution is -2.23. The maximum atomic E-state index is 13.1. The second kappa shape index (κ2) is 7.16. The molecule has 2 aromatic carbocycles. The third kappa shape index (κ3) is 4.13. The molecule has 124 valence electrons. The van der Waals surface area contributed by atoms with E-state index in [4.69, 9.17) is 21.1 Å². The van der Waals surface area contributed by atoms with E-state index in [1.165, 1.54) is 14.2 Å². The van der Waals surface area contributed by atoms with Crippen molar-refractivity contribution in [1.82, 2.24) is 4.72 Å². The Morgan fingerprint density at radius 1 is 1.13 bits per heavy atom. The van der Waals surface area contributed by atoms with Crippen molar-refractivity contribution in [2.24, 2.45) is 0 Å². The maximum absolute atomic E-state index is 13.1. The molecule has 0 heterocycles. The normalized spacial score (nSPS) is 11.3. The monoisotopic (exact) mass is 359 g/mol. The summed E-state index contributed by atoms with van der Waals surface area (Å²) in [4.78, 5) is -0.114. The first-order chi connectivity index (χ1) is 10.9. The van der Waals surface area contributed by atoms with Gasteiger partial charge in [0.2, 0.25) is 10.0 Å². The number of rotatable bonds is 6. The van der Waals surface area contributed by atoms with Gasteiger partial charge in [-0.2, -0.15) is 0 Å². The minimum atomic E-state index is -3.83. The van der Waals surface area contributed by atoms with Crippen molar-refractivity contribution >= 4 is 21.6 Å². The molecular weight excluding hydrogens is 345 g/mol. The summed E-state index contributed by atoms with van der Waals surface area (Å²) in [6.07, 6.45) is 0. The molecule has 0 aromatic heterocycles. The zero-order valence-corrected chi connectivity index (χ0v) is 14.0. The van der Waals surface area contributed by atoms with Crippen molar-refractivity contribution in [2.75, 3.05) is 14.2 Å². The van der Waals surface area contributed by atoms with E-state index in [1.54, 1.807) is 18.2 Å². The molecule has 1 N–H and O–H groups in total. The van der Waals surface area contributed by atoms with Crippen LogP contribution in [-0.4, -0.2) is 22.6 Å². The van der Waals surface area contributed by atoms with Gasteiger partial charge in [0.15, 0.2) is 0 Å². The highest BCUT2D eigenvalue weighted by Gasteiger charge is 2.16. The minimum absolute atomic E-state index is 0.00446. The zero-order chi connectivity index (χ0) is 17.0. The van der Waals surface area contributed by atoms with Crippen LogP contribution < -0.4 is 14.2 Å². The van der Waals surface area contributed by atoms with Crippen LogP contribution in [0.5, 0.6) is 11.5 Å². The largest absolute Gasteiger partial charge is 0.497 e. The van der Waals surface area contributed by atoms with Gasteiger partial charge in [-0.05, 0) is 24.3 Å². The van der Waals surface area contributed by atoms with Crippen LogP contribution in [0.1, 0.15) is 5.56 Å². The molecule has 0 saturated heterocycles. The number of hydrogen-bond acceptors (Lipinski definition) is 4. The molecule has 0 amide bonds. The fourth-order valence-corrected chi connectivity index (χ4v) is 3.18. The van der Waals surface area contributed by atoms with Crippen molar-refractivity contribution in [3.63, 3.8) is 0 Å². The number of nitrogens with one attached hydrogen (secondary N) is 1. The van der Waals surface area contributed by atoms with Crippen molar-refractivity contribution in [3.05, 3.63) is 52.8 Å². The summed E-state index contributed by atoms with van der Waals surface area (Å²) in [5, 5.41) is -0.255. The van der Waals surface area contributed by atoms with E-state index in [0.717, 1.165) is 18.2 Å². The Morgan fingerprint density at radius 2 is 1.87 bits per heavy atom. The SMILES string of the molecule is COc1ccc(CNS(=O)(=O)c2ccc(F)c(Cl)c2)c(OC)c1. The quantitative estimate of drug-likeness (QED) is 0.861. The molecule has 0 aliphatic carbocycles. The van der Waals surface area contributed by atoms with Gasteiger partial charge in [-0.3, -0.25) is 0 Å². The molecule has 0 bridgehead atoms. The van der Waals surface area contributed by atoms with Gasteiger partial charge in [0.1, 0.15) is 17.3 Å². The lowest BCUT2D eigenvalue weighted by Gasteiger charge is -2.12. The molecule has 2 aromatic rings. The highest BCUT2D eigenvalue weighted by atomic mass is 35.5. The molecule has 0 fully saturated rings. The van der Waals surface area contributed by atoms with E-state index in [2.05, 4.69) is 4.72 Å². The topological polar surface area (TPSA) is 64.6 Å². The average Bonchev–Trinajstić information content (AvgIpc) is 2.55. The van der Waals surface area contributed by atoms with E-state index in [0.29, 0.717) is 17.1 Å². The summed E-state index contributed by atoms with van der Waals surface area (Å²) in [5.41, 5.74) is 0.630. The number of methoxy groups -OCH3 is 2. The van der Waals surface area contributed by atoms with Crippen LogP contribution in [0.3, 0.4) is 0 Å². The highest BCUT2D eigenvalue weighted by molar-refractivity contribution is 7.89. The van der Waals surface area contributed by atoms with Crippen LogP contribution in [0.4, 0.5) is 4.39 Å². The minimum Gasteiger partial charge on any atom is -0.497 e. The first-order valence-electron chi connectivity index (χ1n) is 6.53. The fraction of sp³-hybridized carbons (Fsp3) is 0.200. The van der Waals surface area contributed by atoms with E-state index in [1.807, 2.05) is 0 Å². The third-order valence-corrected chi connectivity index (χ3v) is 4.84. The molecule has 0 atom stereocenters. The lowest BCUT2D eigenvalue weighted by atomic mass is 10.2. The van der Waals surface area contributed by atoms with Gasteiger partial charge in [0.05, 0.1) is 24.1 Å². The molecular formula is C15H15ClFNO4S. The Balaban J connectivity index is 2.20. The molecule has 0 radical (unpaired) electrons. The second-order valence-electron chi connectivity index (χ2n) is 4.58. The number of halogens is 2. The lowest BCUT2D eigenvalue weighted by molar-refractivity contribution is 0.390. The van der Waals surface area contributed by atoms with E-state index in [-0.39, 0.29) is 16.5 Å². The Labute approximate surface area is 139 Å². The number of benzene rings is 2. The standard InChI is InChI=1S/C15H15ClFNO4S/c1-21-11-4-3-10(15(7-11)22-2)9-18-23(19,20)12-5-6-14(17)13(16)8-12/h3-8,18H,9H2,1-2H3. The summed E-state index contributed by atoms with van der Waals surface area (Å²) < 4.78 is 50.3. The molecule has 5 nitrogen and oxygen atoms in total. The van der Waals surface area contributed by atoms with Crippen molar-refractivity contribution in [2.45, 2.75) is 11.4 Å². The van der Waals surface area contributed by atoms with Crippen LogP contribution in [0.15, 0.2) is 41.3 Å². The zero-order valence-electron chi connectivity index (χ0n) is 12.5. The van der Waals surface area contributed by atoms with Gasteiger partial charge < -0.3 is 9.47 Å². The first kappa shape index (κ1) is 17.5. The van der Waals surface area contributed by atoms with E-state index >= 15 is 0 Å². The number of sulfonamides is 1. The van der Waals surface area contributed by atoms with Crippen LogP contribution in [0, 0.1) is 5.82 Å². The van der Waals surface area contributed by atoms with Crippen LogP contribution in [0.25, 0.3) is 0 Å². The molecule has 0 aliphatic rings. The molecule has 0 aliphatic heterocycles. The first-order valence-corrected chi connectivity index (χ1v) is 8.39. The second-order valence-corrected chi connectivity index (χ2v) is 6.75. The summed E-state index contributed by atoms with van der Waals surface area (Å²) in [5.74, 6) is 0.408. The van der Waals surface area contributed by atoms with Crippen molar-refractivity contribution in [3.8, 4) is 11.5 Å². The van der Waals surface area contributed by atoms with E-state index in [9.17, 15) is 12.8 Å². The van der Waals surface area contributed by atoms with Gasteiger partial charge in [-0.15, -0.1) is 0 Å². The predicted molar refractivity (Wildman–Crippen MR) is 85.0 cm³/mol. The third-order valence-electron chi connectivity index (χ3n) is 3.15. The Morgan fingerprint density at radius 3 is 2.48 bits per heavy atom. The van der Waals surface area contributed by atoms with Gasteiger partial charge in [0.25, 0.3) is 0 Å². The Bertz CT molecular complexity index is 811. The summed E-state index contributed by atoms with van der Waals surface area (Å²) in [7, 11) is -0.824. The highest BCUT2D eigenvalue weighted by Crippen LogP contribution is 2.25. The van der Waals surface area contributed by atoms with Gasteiger partial charge in [-0.25, -0.2) is 17.5 Å². The smallest absolute Gasteiger partial charge is 0.240 e. The molecule has 0 spiro atoms. The molecule has 0 unspecified atom stereocenters.